The van der Waals surface area contributed by atoms with Gasteiger partial charge >= 0.3 is 0 Å². The molecule has 3 aromatic rings. The van der Waals surface area contributed by atoms with Crippen molar-refractivity contribution in [1.82, 2.24) is 9.97 Å². The molecule has 0 saturated heterocycles. The Hall–Kier alpha value is -1.85. The van der Waals surface area contributed by atoms with Gasteiger partial charge in [-0.2, -0.15) is 0 Å². The monoisotopic (exact) mass is 314 g/mol. The van der Waals surface area contributed by atoms with Gasteiger partial charge in [0.1, 0.15) is 17.4 Å². The number of hydrogen-bond donors (Lipinski definition) is 0. The summed E-state index contributed by atoms with van der Waals surface area (Å²) in [6, 6.07) is 12.0. The summed E-state index contributed by atoms with van der Waals surface area (Å²) in [5.74, 6) is 0.869. The largest absolute Gasteiger partial charge is 0.486 e. The molecule has 0 spiro atoms. The van der Waals surface area contributed by atoms with Crippen LogP contribution in [0.3, 0.4) is 0 Å². The first-order valence-electron chi connectivity index (χ1n) is 6.47. The molecule has 0 amide bonds. The topological polar surface area (TPSA) is 35.0 Å². The van der Waals surface area contributed by atoms with Crippen molar-refractivity contribution in [3.05, 3.63) is 59.2 Å². The molecule has 0 radical (unpaired) electrons. The van der Waals surface area contributed by atoms with Crippen LogP contribution in [0.5, 0.6) is 5.75 Å². The average Bonchev–Trinajstić information content (AvgIpc) is 3.03. The van der Waals surface area contributed by atoms with Crippen molar-refractivity contribution in [3.63, 3.8) is 0 Å². The lowest BCUT2D eigenvalue weighted by atomic mass is 10.2. The molecule has 0 saturated carbocycles. The summed E-state index contributed by atoms with van der Waals surface area (Å²) in [7, 11) is 0. The fraction of sp³-hybridized carbons (Fsp3) is 0.125. The highest BCUT2D eigenvalue weighted by Gasteiger charge is 2.05. The maximum absolute atomic E-state index is 5.77. The minimum absolute atomic E-state index is 0.494. The molecule has 0 bridgehead atoms. The van der Waals surface area contributed by atoms with E-state index in [2.05, 4.69) is 28.4 Å². The Labute approximate surface area is 132 Å². The van der Waals surface area contributed by atoms with E-state index in [1.54, 1.807) is 35.5 Å². The van der Waals surface area contributed by atoms with Crippen molar-refractivity contribution in [2.24, 2.45) is 0 Å². The van der Waals surface area contributed by atoms with Gasteiger partial charge in [-0.1, -0.05) is 0 Å². The summed E-state index contributed by atoms with van der Waals surface area (Å²) >= 11 is 3.33. The van der Waals surface area contributed by atoms with Crippen LogP contribution in [-0.2, 0) is 6.61 Å². The van der Waals surface area contributed by atoms with E-state index < -0.39 is 0 Å². The van der Waals surface area contributed by atoms with Crippen molar-refractivity contribution in [2.45, 2.75) is 11.5 Å². The van der Waals surface area contributed by atoms with Crippen LogP contribution >= 0.6 is 23.1 Å². The Kier molecular flexibility index (Phi) is 4.52. The minimum Gasteiger partial charge on any atom is -0.486 e. The third-order valence-corrected chi connectivity index (χ3v) is 4.52. The molecule has 2 aromatic heterocycles. The molecule has 0 unspecified atom stereocenters. The number of nitrogens with zero attached hydrogens (tertiary/aromatic N) is 2. The SMILES string of the molecule is CSc1ccc(OCc2nc(-c3ccncc3)cs2)cc1. The fourth-order valence-corrected chi connectivity index (χ4v) is 2.97. The normalized spacial score (nSPS) is 10.5. The Bertz CT molecular complexity index is 696. The zero-order valence-corrected chi connectivity index (χ0v) is 13.2. The zero-order chi connectivity index (χ0) is 14.5. The van der Waals surface area contributed by atoms with E-state index >= 15 is 0 Å². The molecule has 0 aliphatic carbocycles. The summed E-state index contributed by atoms with van der Waals surface area (Å²) in [6.45, 7) is 0.494. The first-order chi connectivity index (χ1) is 10.3. The number of thiazole rings is 1. The van der Waals surface area contributed by atoms with Crippen molar-refractivity contribution < 1.29 is 4.74 Å². The molecule has 2 heterocycles. The highest BCUT2D eigenvalue weighted by Crippen LogP contribution is 2.23. The molecular weight excluding hydrogens is 300 g/mol. The molecule has 0 fully saturated rings. The summed E-state index contributed by atoms with van der Waals surface area (Å²) in [5, 5.41) is 3.01. The molecular formula is C16H14N2OS2. The molecule has 0 N–H and O–H groups in total. The van der Waals surface area contributed by atoms with E-state index in [1.807, 2.05) is 29.6 Å². The smallest absolute Gasteiger partial charge is 0.140 e. The molecule has 0 aliphatic heterocycles. The predicted molar refractivity (Wildman–Crippen MR) is 87.9 cm³/mol. The lowest BCUT2D eigenvalue weighted by Crippen LogP contribution is -1.94. The van der Waals surface area contributed by atoms with Gasteiger partial charge in [0, 0.05) is 28.2 Å². The van der Waals surface area contributed by atoms with Gasteiger partial charge < -0.3 is 4.74 Å². The molecule has 0 aliphatic rings. The van der Waals surface area contributed by atoms with E-state index in [9.17, 15) is 0 Å². The van der Waals surface area contributed by atoms with E-state index in [4.69, 9.17) is 4.74 Å². The van der Waals surface area contributed by atoms with E-state index in [-0.39, 0.29) is 0 Å². The molecule has 21 heavy (non-hydrogen) atoms. The lowest BCUT2D eigenvalue weighted by Gasteiger charge is -2.04. The third kappa shape index (κ3) is 3.62. The minimum atomic E-state index is 0.494. The van der Waals surface area contributed by atoms with Crippen LogP contribution in [0.15, 0.2) is 59.1 Å². The second-order valence-electron chi connectivity index (χ2n) is 4.33. The van der Waals surface area contributed by atoms with Gasteiger partial charge in [0.25, 0.3) is 0 Å². The van der Waals surface area contributed by atoms with E-state index in [0.717, 1.165) is 22.0 Å². The van der Waals surface area contributed by atoms with Gasteiger partial charge in [0.05, 0.1) is 5.69 Å². The van der Waals surface area contributed by atoms with Gasteiger partial charge in [-0.05, 0) is 42.7 Å². The van der Waals surface area contributed by atoms with Gasteiger partial charge in [0.2, 0.25) is 0 Å². The molecule has 1 aromatic carbocycles. The van der Waals surface area contributed by atoms with Crippen LogP contribution in [0.1, 0.15) is 5.01 Å². The number of ether oxygens (including phenoxy) is 1. The van der Waals surface area contributed by atoms with Crippen LogP contribution < -0.4 is 4.74 Å². The Morgan fingerprint density at radius 1 is 1.10 bits per heavy atom. The number of rotatable bonds is 5. The highest BCUT2D eigenvalue weighted by atomic mass is 32.2. The van der Waals surface area contributed by atoms with Crippen LogP contribution in [0.25, 0.3) is 11.3 Å². The average molecular weight is 314 g/mol. The second kappa shape index (κ2) is 6.74. The maximum atomic E-state index is 5.77. The van der Waals surface area contributed by atoms with E-state index in [0.29, 0.717) is 6.61 Å². The summed E-state index contributed by atoms with van der Waals surface area (Å²) < 4.78 is 5.77. The van der Waals surface area contributed by atoms with Crippen LogP contribution in [0.4, 0.5) is 0 Å². The van der Waals surface area contributed by atoms with Gasteiger partial charge in [-0.25, -0.2) is 4.98 Å². The number of hydrogen-bond acceptors (Lipinski definition) is 5. The number of thioether (sulfide) groups is 1. The van der Waals surface area contributed by atoms with Crippen molar-refractivity contribution in [2.75, 3.05) is 6.26 Å². The Balaban J connectivity index is 1.64. The fourth-order valence-electron chi connectivity index (χ4n) is 1.85. The number of benzene rings is 1. The predicted octanol–water partition coefficient (Wildman–Crippen LogP) is 4.51. The van der Waals surface area contributed by atoms with Gasteiger partial charge in [-0.3, -0.25) is 4.98 Å². The van der Waals surface area contributed by atoms with Crippen LogP contribution in [0.2, 0.25) is 0 Å². The molecule has 0 atom stereocenters. The quantitative estimate of drug-likeness (QED) is 0.649. The van der Waals surface area contributed by atoms with E-state index in [1.165, 1.54) is 4.90 Å². The first-order valence-corrected chi connectivity index (χ1v) is 8.57. The van der Waals surface area contributed by atoms with Crippen molar-refractivity contribution >= 4 is 23.1 Å². The molecule has 3 rings (SSSR count). The Morgan fingerprint density at radius 2 is 1.86 bits per heavy atom. The zero-order valence-electron chi connectivity index (χ0n) is 11.5. The number of aromatic nitrogens is 2. The maximum Gasteiger partial charge on any atom is 0.140 e. The van der Waals surface area contributed by atoms with Crippen molar-refractivity contribution in [1.29, 1.82) is 0 Å². The Morgan fingerprint density at radius 3 is 2.57 bits per heavy atom. The van der Waals surface area contributed by atoms with Crippen LogP contribution in [-0.4, -0.2) is 16.2 Å². The second-order valence-corrected chi connectivity index (χ2v) is 6.15. The standard InChI is InChI=1S/C16H14N2OS2/c1-20-14-4-2-13(3-5-14)19-10-16-18-15(11-21-16)12-6-8-17-9-7-12/h2-9,11H,10H2,1H3. The molecule has 3 nitrogen and oxygen atoms in total. The third-order valence-electron chi connectivity index (χ3n) is 2.95. The van der Waals surface area contributed by atoms with Crippen LogP contribution in [0, 0.1) is 0 Å². The van der Waals surface area contributed by atoms with Gasteiger partial charge in [-0.15, -0.1) is 23.1 Å². The summed E-state index contributed by atoms with van der Waals surface area (Å²) in [4.78, 5) is 9.84. The summed E-state index contributed by atoms with van der Waals surface area (Å²) in [6.07, 6.45) is 5.61. The molecule has 106 valence electrons. The highest BCUT2D eigenvalue weighted by molar-refractivity contribution is 7.98. The molecule has 5 heteroatoms. The first kappa shape index (κ1) is 14.1. The number of pyridine rings is 1. The lowest BCUT2D eigenvalue weighted by molar-refractivity contribution is 0.305. The van der Waals surface area contributed by atoms with Crippen molar-refractivity contribution in [3.8, 4) is 17.0 Å². The summed E-state index contributed by atoms with van der Waals surface area (Å²) in [5.41, 5.74) is 2.05. The van der Waals surface area contributed by atoms with Gasteiger partial charge in [0.15, 0.2) is 0 Å².